The Labute approximate surface area is 153 Å². The fourth-order valence-electron chi connectivity index (χ4n) is 2.73. The monoisotopic (exact) mass is 350 g/mol. The van der Waals surface area contributed by atoms with Crippen molar-refractivity contribution < 1.29 is 0 Å². The van der Waals surface area contributed by atoms with Crippen LogP contribution in [0.4, 0.5) is 0 Å². The molecule has 0 spiro atoms. The van der Waals surface area contributed by atoms with E-state index in [4.69, 9.17) is 12.2 Å². The smallest absolute Gasteiger partial charge is 0.189 e. The van der Waals surface area contributed by atoms with Gasteiger partial charge >= 0.3 is 0 Å². The van der Waals surface area contributed by atoms with E-state index in [1.165, 1.54) is 22.0 Å². The second-order valence-electron chi connectivity index (χ2n) is 5.85. The molecule has 0 fully saturated rings. The highest BCUT2D eigenvalue weighted by Crippen LogP contribution is 2.21. The van der Waals surface area contributed by atoms with E-state index >= 15 is 0 Å². The molecule has 0 saturated heterocycles. The molecule has 0 aliphatic heterocycles. The summed E-state index contributed by atoms with van der Waals surface area (Å²) < 4.78 is 0. The van der Waals surface area contributed by atoms with Crippen LogP contribution in [-0.2, 0) is 13.0 Å². The molecule has 2 N–H and O–H groups in total. The van der Waals surface area contributed by atoms with Crippen LogP contribution in [0.15, 0.2) is 59.8 Å². The number of para-hydroxylation sites is 1. The van der Waals surface area contributed by atoms with Crippen LogP contribution in [0.3, 0.4) is 0 Å². The highest BCUT2D eigenvalue weighted by Gasteiger charge is 2.06. The number of benzene rings is 2. The van der Waals surface area contributed by atoms with E-state index < -0.39 is 0 Å². The zero-order valence-corrected chi connectivity index (χ0v) is 15.3. The molecule has 0 unspecified atom stereocenters. The number of H-pyrrole nitrogens is 1. The molecule has 3 rings (SSSR count). The van der Waals surface area contributed by atoms with Gasteiger partial charge in [-0.1, -0.05) is 55.5 Å². The predicted octanol–water partition coefficient (Wildman–Crippen LogP) is 4.07. The summed E-state index contributed by atoms with van der Waals surface area (Å²) in [4.78, 5) is 3.35. The SMILES string of the molecule is CCc1cccc2c(/C=N/N(C)C(=S)NCc3ccccc3)c[nH]c12. The largest absolute Gasteiger partial charge is 0.360 e. The van der Waals surface area contributed by atoms with Crippen LogP contribution in [-0.4, -0.2) is 28.4 Å². The third-order valence-corrected chi connectivity index (χ3v) is 4.57. The molecule has 3 aromatic rings. The molecule has 25 heavy (non-hydrogen) atoms. The molecule has 128 valence electrons. The van der Waals surface area contributed by atoms with Crippen LogP contribution >= 0.6 is 12.2 Å². The van der Waals surface area contributed by atoms with E-state index in [-0.39, 0.29) is 0 Å². The summed E-state index contributed by atoms with van der Waals surface area (Å²) in [5.41, 5.74) is 4.73. The van der Waals surface area contributed by atoms with Crippen molar-refractivity contribution >= 4 is 34.4 Å². The molecule has 1 heterocycles. The first-order chi connectivity index (χ1) is 12.2. The Bertz CT molecular complexity index is 883. The van der Waals surface area contributed by atoms with Crippen molar-refractivity contribution in [1.29, 1.82) is 0 Å². The zero-order chi connectivity index (χ0) is 17.6. The highest BCUT2D eigenvalue weighted by atomic mass is 32.1. The first-order valence-electron chi connectivity index (χ1n) is 8.37. The maximum absolute atomic E-state index is 5.40. The molecule has 0 amide bonds. The lowest BCUT2D eigenvalue weighted by Gasteiger charge is -2.15. The van der Waals surface area contributed by atoms with Gasteiger partial charge in [0.15, 0.2) is 5.11 Å². The van der Waals surface area contributed by atoms with Crippen LogP contribution in [0.2, 0.25) is 0 Å². The molecule has 0 atom stereocenters. The van der Waals surface area contributed by atoms with Crippen molar-refractivity contribution in [2.75, 3.05) is 7.05 Å². The average Bonchev–Trinajstić information content (AvgIpc) is 3.08. The van der Waals surface area contributed by atoms with E-state index in [1.807, 2.05) is 37.7 Å². The number of hydrogen-bond donors (Lipinski definition) is 2. The van der Waals surface area contributed by atoms with Crippen molar-refractivity contribution in [3.8, 4) is 0 Å². The number of aromatic nitrogens is 1. The summed E-state index contributed by atoms with van der Waals surface area (Å²) >= 11 is 5.40. The maximum atomic E-state index is 5.40. The molecule has 2 aromatic carbocycles. The summed E-state index contributed by atoms with van der Waals surface area (Å²) in [6, 6.07) is 16.5. The first kappa shape index (κ1) is 17.2. The minimum absolute atomic E-state index is 0.592. The Balaban J connectivity index is 1.66. The third-order valence-electron chi connectivity index (χ3n) is 4.17. The highest BCUT2D eigenvalue weighted by molar-refractivity contribution is 7.80. The molecular weight excluding hydrogens is 328 g/mol. The molecular formula is C20H22N4S. The second kappa shape index (κ2) is 7.94. The maximum Gasteiger partial charge on any atom is 0.189 e. The molecule has 0 radical (unpaired) electrons. The summed E-state index contributed by atoms with van der Waals surface area (Å²) in [5.74, 6) is 0. The Morgan fingerprint density at radius 2 is 2.00 bits per heavy atom. The zero-order valence-electron chi connectivity index (χ0n) is 14.5. The summed E-state index contributed by atoms with van der Waals surface area (Å²) in [6.07, 6.45) is 4.83. The molecule has 0 bridgehead atoms. The standard InChI is InChI=1S/C20H22N4S/c1-3-16-10-7-11-18-17(13-21-19(16)18)14-23-24(2)20(25)22-12-15-8-5-4-6-9-15/h4-11,13-14,21H,3,12H2,1-2H3,(H,22,25)/b23-14+. The number of hydrogen-bond acceptors (Lipinski definition) is 2. The molecule has 5 heteroatoms. The number of fused-ring (bicyclic) bond motifs is 1. The van der Waals surface area contributed by atoms with Crippen molar-refractivity contribution in [3.05, 3.63) is 71.4 Å². The molecule has 0 saturated carbocycles. The molecule has 1 aromatic heterocycles. The first-order valence-corrected chi connectivity index (χ1v) is 8.78. The number of nitrogens with zero attached hydrogens (tertiary/aromatic N) is 2. The van der Waals surface area contributed by atoms with Crippen LogP contribution in [0.25, 0.3) is 10.9 Å². The van der Waals surface area contributed by atoms with Gasteiger partial charge in [-0.05, 0) is 29.8 Å². The molecule has 0 aliphatic carbocycles. The van der Waals surface area contributed by atoms with Crippen LogP contribution in [0, 0.1) is 0 Å². The minimum Gasteiger partial charge on any atom is -0.360 e. The molecule has 4 nitrogen and oxygen atoms in total. The Hall–Kier alpha value is -2.66. The summed E-state index contributed by atoms with van der Waals surface area (Å²) in [7, 11) is 1.85. The van der Waals surface area contributed by atoms with E-state index in [2.05, 4.69) is 52.7 Å². The quantitative estimate of drug-likeness (QED) is 0.414. The fourth-order valence-corrected chi connectivity index (χ4v) is 2.85. The number of hydrazone groups is 1. The number of nitrogens with one attached hydrogen (secondary N) is 2. The van der Waals surface area contributed by atoms with Gasteiger partial charge in [-0.25, -0.2) is 5.01 Å². The minimum atomic E-state index is 0.592. The lowest BCUT2D eigenvalue weighted by atomic mass is 10.1. The van der Waals surface area contributed by atoms with Gasteiger partial charge in [0.05, 0.1) is 6.21 Å². The normalized spacial score (nSPS) is 11.1. The van der Waals surface area contributed by atoms with Gasteiger partial charge in [-0.2, -0.15) is 5.10 Å². The van der Waals surface area contributed by atoms with Crippen LogP contribution in [0.5, 0.6) is 0 Å². The van der Waals surface area contributed by atoms with Gasteiger partial charge in [0.2, 0.25) is 0 Å². The lowest BCUT2D eigenvalue weighted by molar-refractivity contribution is 0.532. The molecule has 0 aliphatic rings. The van der Waals surface area contributed by atoms with Crippen LogP contribution < -0.4 is 5.32 Å². The fraction of sp³-hybridized carbons (Fsp3) is 0.200. The van der Waals surface area contributed by atoms with Crippen molar-refractivity contribution in [1.82, 2.24) is 15.3 Å². The summed E-state index contributed by atoms with van der Waals surface area (Å²) in [6.45, 7) is 2.85. The van der Waals surface area contributed by atoms with Crippen molar-refractivity contribution in [3.63, 3.8) is 0 Å². The third kappa shape index (κ3) is 4.06. The van der Waals surface area contributed by atoms with E-state index in [9.17, 15) is 0 Å². The van der Waals surface area contributed by atoms with E-state index in [0.29, 0.717) is 11.7 Å². The summed E-state index contributed by atoms with van der Waals surface area (Å²) in [5, 5.41) is 11.1. The Morgan fingerprint density at radius 3 is 2.76 bits per heavy atom. The number of rotatable bonds is 5. The second-order valence-corrected chi connectivity index (χ2v) is 6.24. The Kier molecular flexibility index (Phi) is 5.46. The van der Waals surface area contributed by atoms with Gasteiger partial charge < -0.3 is 10.3 Å². The predicted molar refractivity (Wildman–Crippen MR) is 109 cm³/mol. The van der Waals surface area contributed by atoms with Crippen LogP contribution in [0.1, 0.15) is 23.6 Å². The number of aromatic amines is 1. The van der Waals surface area contributed by atoms with E-state index in [1.54, 1.807) is 5.01 Å². The van der Waals surface area contributed by atoms with Gasteiger partial charge in [-0.15, -0.1) is 0 Å². The topological polar surface area (TPSA) is 43.4 Å². The number of thiocarbonyl (C=S) groups is 1. The lowest BCUT2D eigenvalue weighted by Crippen LogP contribution is -2.33. The van der Waals surface area contributed by atoms with Gasteiger partial charge in [0, 0.05) is 36.3 Å². The van der Waals surface area contributed by atoms with Crippen molar-refractivity contribution in [2.24, 2.45) is 5.10 Å². The van der Waals surface area contributed by atoms with E-state index in [0.717, 1.165) is 12.0 Å². The average molecular weight is 350 g/mol. The van der Waals surface area contributed by atoms with Gasteiger partial charge in [0.1, 0.15) is 0 Å². The number of aryl methyl sites for hydroxylation is 1. The Morgan fingerprint density at radius 1 is 1.20 bits per heavy atom. The van der Waals surface area contributed by atoms with Gasteiger partial charge in [0.25, 0.3) is 0 Å². The van der Waals surface area contributed by atoms with Crippen molar-refractivity contribution in [2.45, 2.75) is 19.9 Å². The van der Waals surface area contributed by atoms with Gasteiger partial charge in [-0.3, -0.25) is 0 Å².